The first-order chi connectivity index (χ1) is 9.56. The van der Waals surface area contributed by atoms with Crippen LogP contribution in [0.3, 0.4) is 0 Å². The van der Waals surface area contributed by atoms with Crippen LogP contribution < -0.4 is 10.6 Å². The Hall–Kier alpha value is -2.90. The second-order valence-electron chi connectivity index (χ2n) is 4.16. The fourth-order valence-corrected chi connectivity index (χ4v) is 1.64. The second kappa shape index (κ2) is 5.83. The molecule has 0 saturated heterocycles. The number of non-ortho nitro benzene ring substituents is 1. The predicted molar refractivity (Wildman–Crippen MR) is 72.3 cm³/mol. The van der Waals surface area contributed by atoms with E-state index in [1.807, 2.05) is 0 Å². The standard InChI is InChI=1S/C12H13N5O3/c1-8(9-6-13-14-7-9)15-12(18)16-10-3-2-4-11(5-10)17(19)20/h2-8H,1H3,(H,13,14)(H2,15,16,18). The lowest BCUT2D eigenvalue weighted by molar-refractivity contribution is -0.384. The number of carbonyl (C=O) groups is 1. The number of hydrogen-bond donors (Lipinski definition) is 3. The fraction of sp³-hybridized carbons (Fsp3) is 0.167. The van der Waals surface area contributed by atoms with Crippen molar-refractivity contribution in [3.05, 3.63) is 52.3 Å². The van der Waals surface area contributed by atoms with Gasteiger partial charge in [-0.25, -0.2) is 4.79 Å². The molecule has 20 heavy (non-hydrogen) atoms. The Balaban J connectivity index is 1.98. The van der Waals surface area contributed by atoms with Gasteiger partial charge in [-0.05, 0) is 13.0 Å². The maximum absolute atomic E-state index is 11.8. The largest absolute Gasteiger partial charge is 0.331 e. The van der Waals surface area contributed by atoms with E-state index >= 15 is 0 Å². The van der Waals surface area contributed by atoms with E-state index in [2.05, 4.69) is 20.8 Å². The van der Waals surface area contributed by atoms with Crippen LogP contribution in [0.4, 0.5) is 16.2 Å². The molecule has 0 spiro atoms. The van der Waals surface area contributed by atoms with Crippen molar-refractivity contribution in [3.63, 3.8) is 0 Å². The molecular weight excluding hydrogens is 262 g/mol. The molecule has 1 atom stereocenters. The number of nitrogens with one attached hydrogen (secondary N) is 3. The van der Waals surface area contributed by atoms with Crippen molar-refractivity contribution in [2.45, 2.75) is 13.0 Å². The number of carbonyl (C=O) groups excluding carboxylic acids is 1. The molecule has 0 saturated carbocycles. The lowest BCUT2D eigenvalue weighted by Gasteiger charge is -2.12. The Morgan fingerprint density at radius 2 is 2.30 bits per heavy atom. The summed E-state index contributed by atoms with van der Waals surface area (Å²) in [5.74, 6) is 0. The summed E-state index contributed by atoms with van der Waals surface area (Å²) in [5.41, 5.74) is 1.11. The van der Waals surface area contributed by atoms with E-state index in [1.165, 1.54) is 18.2 Å². The van der Waals surface area contributed by atoms with Crippen LogP contribution in [0, 0.1) is 10.1 Å². The first-order valence-electron chi connectivity index (χ1n) is 5.87. The Kier molecular flexibility index (Phi) is 3.94. The highest BCUT2D eigenvalue weighted by molar-refractivity contribution is 5.89. The lowest BCUT2D eigenvalue weighted by Crippen LogP contribution is -2.30. The number of amides is 2. The predicted octanol–water partition coefficient (Wildman–Crippen LogP) is 2.20. The van der Waals surface area contributed by atoms with Gasteiger partial charge in [0.2, 0.25) is 0 Å². The SMILES string of the molecule is CC(NC(=O)Nc1cccc([N+](=O)[O-])c1)c1cn[nH]c1. The van der Waals surface area contributed by atoms with E-state index in [9.17, 15) is 14.9 Å². The highest BCUT2D eigenvalue weighted by atomic mass is 16.6. The van der Waals surface area contributed by atoms with E-state index < -0.39 is 11.0 Å². The molecule has 0 fully saturated rings. The maximum Gasteiger partial charge on any atom is 0.319 e. The van der Waals surface area contributed by atoms with Gasteiger partial charge in [0, 0.05) is 29.6 Å². The van der Waals surface area contributed by atoms with Gasteiger partial charge in [-0.15, -0.1) is 0 Å². The summed E-state index contributed by atoms with van der Waals surface area (Å²) in [7, 11) is 0. The van der Waals surface area contributed by atoms with Crippen LogP contribution in [0.25, 0.3) is 0 Å². The minimum atomic E-state index is -0.517. The molecule has 1 aromatic carbocycles. The Labute approximate surface area is 114 Å². The molecule has 0 radical (unpaired) electrons. The monoisotopic (exact) mass is 275 g/mol. The molecule has 3 N–H and O–H groups in total. The van der Waals surface area contributed by atoms with Crippen molar-refractivity contribution in [1.29, 1.82) is 0 Å². The third-order valence-corrected chi connectivity index (χ3v) is 2.68. The van der Waals surface area contributed by atoms with Crippen molar-refractivity contribution >= 4 is 17.4 Å². The molecule has 2 amide bonds. The summed E-state index contributed by atoms with van der Waals surface area (Å²) in [5, 5.41) is 22.3. The number of rotatable bonds is 4. The quantitative estimate of drug-likeness (QED) is 0.586. The number of hydrogen-bond acceptors (Lipinski definition) is 4. The molecule has 0 aliphatic carbocycles. The number of nitro groups is 1. The van der Waals surface area contributed by atoms with Gasteiger partial charge in [-0.2, -0.15) is 5.10 Å². The van der Waals surface area contributed by atoms with Gasteiger partial charge >= 0.3 is 6.03 Å². The van der Waals surface area contributed by atoms with Crippen molar-refractivity contribution in [3.8, 4) is 0 Å². The lowest BCUT2D eigenvalue weighted by atomic mass is 10.2. The molecular formula is C12H13N5O3. The molecule has 0 bridgehead atoms. The number of aromatic amines is 1. The first-order valence-corrected chi connectivity index (χ1v) is 5.87. The Bertz CT molecular complexity index is 611. The highest BCUT2D eigenvalue weighted by Crippen LogP contribution is 2.17. The summed E-state index contributed by atoms with van der Waals surface area (Å²) in [4.78, 5) is 21.9. The van der Waals surface area contributed by atoms with E-state index in [4.69, 9.17) is 0 Å². The van der Waals surface area contributed by atoms with Crippen LogP contribution in [-0.4, -0.2) is 21.2 Å². The van der Waals surface area contributed by atoms with E-state index in [0.29, 0.717) is 5.69 Å². The van der Waals surface area contributed by atoms with Crippen molar-refractivity contribution in [1.82, 2.24) is 15.5 Å². The van der Waals surface area contributed by atoms with Crippen LogP contribution in [0.5, 0.6) is 0 Å². The average molecular weight is 275 g/mol. The Morgan fingerprint density at radius 3 is 2.95 bits per heavy atom. The zero-order chi connectivity index (χ0) is 14.5. The van der Waals surface area contributed by atoms with Crippen LogP contribution in [0.2, 0.25) is 0 Å². The van der Waals surface area contributed by atoms with Crippen LogP contribution >= 0.6 is 0 Å². The first kappa shape index (κ1) is 13.5. The zero-order valence-corrected chi connectivity index (χ0v) is 10.7. The number of benzene rings is 1. The molecule has 1 heterocycles. The molecule has 104 valence electrons. The average Bonchev–Trinajstić information content (AvgIpc) is 2.92. The summed E-state index contributed by atoms with van der Waals surface area (Å²) >= 11 is 0. The van der Waals surface area contributed by atoms with Gasteiger partial charge in [0.25, 0.3) is 5.69 Å². The smallest absolute Gasteiger partial charge is 0.319 e. The topological polar surface area (TPSA) is 113 Å². The van der Waals surface area contributed by atoms with Crippen LogP contribution in [0.15, 0.2) is 36.7 Å². The minimum Gasteiger partial charge on any atom is -0.331 e. The van der Waals surface area contributed by atoms with Gasteiger partial charge in [0.1, 0.15) is 0 Å². The van der Waals surface area contributed by atoms with Crippen LogP contribution in [-0.2, 0) is 0 Å². The van der Waals surface area contributed by atoms with Crippen molar-refractivity contribution in [2.24, 2.45) is 0 Å². The van der Waals surface area contributed by atoms with Gasteiger partial charge in [0.15, 0.2) is 0 Å². The van der Waals surface area contributed by atoms with Gasteiger partial charge in [0.05, 0.1) is 17.2 Å². The number of H-pyrrole nitrogens is 1. The molecule has 2 aromatic rings. The third-order valence-electron chi connectivity index (χ3n) is 2.68. The molecule has 8 nitrogen and oxygen atoms in total. The molecule has 0 aliphatic heterocycles. The van der Waals surface area contributed by atoms with Crippen molar-refractivity contribution in [2.75, 3.05) is 5.32 Å². The number of urea groups is 1. The number of nitro benzene ring substituents is 1. The van der Waals surface area contributed by atoms with Gasteiger partial charge in [-0.3, -0.25) is 15.2 Å². The number of nitrogens with zero attached hydrogens (tertiary/aromatic N) is 2. The van der Waals surface area contributed by atoms with Crippen LogP contribution in [0.1, 0.15) is 18.5 Å². The van der Waals surface area contributed by atoms with E-state index in [1.54, 1.807) is 25.4 Å². The number of aromatic nitrogens is 2. The fourth-order valence-electron chi connectivity index (χ4n) is 1.64. The Morgan fingerprint density at radius 1 is 1.50 bits per heavy atom. The third kappa shape index (κ3) is 3.31. The zero-order valence-electron chi connectivity index (χ0n) is 10.7. The minimum absolute atomic E-state index is 0.0781. The summed E-state index contributed by atoms with van der Waals surface area (Å²) < 4.78 is 0. The van der Waals surface area contributed by atoms with Crippen molar-refractivity contribution < 1.29 is 9.72 Å². The molecule has 2 rings (SSSR count). The summed E-state index contributed by atoms with van der Waals surface area (Å²) in [6, 6.07) is 5.06. The normalized spacial score (nSPS) is 11.7. The number of anilines is 1. The maximum atomic E-state index is 11.8. The summed E-state index contributed by atoms with van der Waals surface area (Å²) in [6.45, 7) is 1.80. The highest BCUT2D eigenvalue weighted by Gasteiger charge is 2.12. The molecule has 8 heteroatoms. The molecule has 1 aromatic heterocycles. The second-order valence-corrected chi connectivity index (χ2v) is 4.16. The molecule has 0 aliphatic rings. The van der Waals surface area contributed by atoms with E-state index in [-0.39, 0.29) is 11.7 Å². The molecule has 1 unspecified atom stereocenters. The van der Waals surface area contributed by atoms with Gasteiger partial charge in [-0.1, -0.05) is 6.07 Å². The summed E-state index contributed by atoms with van der Waals surface area (Å²) in [6.07, 6.45) is 3.29. The van der Waals surface area contributed by atoms with E-state index in [0.717, 1.165) is 5.56 Å². The van der Waals surface area contributed by atoms with Gasteiger partial charge < -0.3 is 10.6 Å².